The number of hydrogen-bond acceptors (Lipinski definition) is 3. The number of nitrogens with two attached hydrogens (primary N) is 1. The molecule has 5 radical (unpaired) electrons. The summed E-state index contributed by atoms with van der Waals surface area (Å²) in [6.07, 6.45) is 7.68. The molecule has 0 unspecified atom stereocenters. The molecule has 1 saturated carbocycles. The van der Waals surface area contributed by atoms with E-state index in [-0.39, 0.29) is 11.2 Å². The van der Waals surface area contributed by atoms with Crippen LogP contribution >= 0.6 is 0 Å². The quantitative estimate of drug-likeness (QED) is 0.614. The van der Waals surface area contributed by atoms with Crippen molar-refractivity contribution in [2.24, 2.45) is 11.1 Å². The maximum absolute atomic E-state index is 13.0. The van der Waals surface area contributed by atoms with Gasteiger partial charge in [0.2, 0.25) is 10.0 Å². The van der Waals surface area contributed by atoms with Gasteiger partial charge in [-0.2, -0.15) is 0 Å². The molecule has 1 aliphatic rings. The summed E-state index contributed by atoms with van der Waals surface area (Å²) in [7, 11) is -3.53. The Balaban J connectivity index is 1.65. The zero-order chi connectivity index (χ0) is 22.5. The summed E-state index contributed by atoms with van der Waals surface area (Å²) < 4.78 is 28.9. The fourth-order valence-electron chi connectivity index (χ4n) is 3.72. The summed E-state index contributed by atoms with van der Waals surface area (Å²) in [4.78, 5) is 0. The molecule has 1 aliphatic carbocycles. The predicted molar refractivity (Wildman–Crippen MR) is 128 cm³/mol. The van der Waals surface area contributed by atoms with E-state index in [2.05, 4.69) is 44.8 Å². The second kappa shape index (κ2) is 10.3. The van der Waals surface area contributed by atoms with Gasteiger partial charge in [-0.3, -0.25) is 0 Å². The average Bonchev–Trinajstić information content (AvgIpc) is 2.77. The van der Waals surface area contributed by atoms with Gasteiger partial charge in [0.15, 0.2) is 0 Å². The molecule has 165 valence electrons. The van der Waals surface area contributed by atoms with Crippen molar-refractivity contribution in [3.8, 4) is 0 Å². The van der Waals surface area contributed by atoms with Crippen LogP contribution in [0.25, 0.3) is 0 Å². The Morgan fingerprint density at radius 2 is 1.52 bits per heavy atom. The van der Waals surface area contributed by atoms with Gasteiger partial charge in [-0.05, 0) is 60.5 Å². The van der Waals surface area contributed by atoms with Crippen LogP contribution in [0.15, 0.2) is 60.7 Å². The molecule has 0 spiro atoms. The number of rotatable bonds is 8. The van der Waals surface area contributed by atoms with E-state index in [0.29, 0.717) is 6.42 Å². The van der Waals surface area contributed by atoms with E-state index in [9.17, 15) is 8.42 Å². The molecule has 0 aromatic heterocycles. The van der Waals surface area contributed by atoms with E-state index in [4.69, 9.17) is 5.73 Å². The molecule has 0 bridgehead atoms. The summed E-state index contributed by atoms with van der Waals surface area (Å²) >= 11 is 0. The highest BCUT2D eigenvalue weighted by molar-refractivity contribution is 7.89. The van der Waals surface area contributed by atoms with Crippen molar-refractivity contribution in [3.63, 3.8) is 0 Å². The Morgan fingerprint density at radius 3 is 2.03 bits per heavy atom. The van der Waals surface area contributed by atoms with Crippen LogP contribution in [0.1, 0.15) is 56.8 Å². The molecule has 3 N–H and O–H groups in total. The van der Waals surface area contributed by atoms with Crippen LogP contribution in [0.4, 0.5) is 0 Å². The highest BCUT2D eigenvalue weighted by Gasteiger charge is 2.32. The molecule has 1 fully saturated rings. The first-order valence-corrected chi connectivity index (χ1v) is 12.4. The number of benzene rings is 2. The third-order valence-electron chi connectivity index (χ3n) is 5.65. The minimum absolute atomic E-state index is 0.0379. The minimum atomic E-state index is -3.53. The van der Waals surface area contributed by atoms with Crippen molar-refractivity contribution >= 4 is 10.0 Å². The normalized spacial score (nSPS) is 18.6. The maximum Gasteiger partial charge on any atom is 0.212 e. The van der Waals surface area contributed by atoms with Gasteiger partial charge < -0.3 is 5.73 Å². The van der Waals surface area contributed by atoms with Crippen LogP contribution in [0.2, 0.25) is 0 Å². The Hall–Kier alpha value is -1.69. The standard InChI is InChI=1S/C26H33N2O2S/c1-26(2,3)23-16-14-20(15-17-23)18-19-31(29,30)28-25(22-12-8-5-9-13-22)24(27)21-10-6-4-7-11-21/h4-14,16-17,24-25,28H,15,18-19,27H2,1-3H3/t24-,25-/m1/s1. The lowest BCUT2D eigenvalue weighted by Gasteiger charge is -2.35. The number of nitrogens with one attached hydrogen (secondary N) is 1. The van der Waals surface area contributed by atoms with Gasteiger partial charge in [-0.25, -0.2) is 13.1 Å². The molecule has 2 atom stereocenters. The molecule has 0 amide bonds. The zero-order valence-corrected chi connectivity index (χ0v) is 19.4. The van der Waals surface area contributed by atoms with E-state index in [1.54, 1.807) is 0 Å². The molecule has 2 aromatic carbocycles. The van der Waals surface area contributed by atoms with Gasteiger partial charge >= 0.3 is 0 Å². The first-order valence-electron chi connectivity index (χ1n) is 10.7. The Bertz CT molecular complexity index is 899. The van der Waals surface area contributed by atoms with Gasteiger partial charge in [-0.1, -0.05) is 81.4 Å². The first-order chi connectivity index (χ1) is 14.7. The topological polar surface area (TPSA) is 72.2 Å². The van der Waals surface area contributed by atoms with Gasteiger partial charge in [0.05, 0.1) is 17.8 Å². The zero-order valence-electron chi connectivity index (χ0n) is 18.6. The summed E-state index contributed by atoms with van der Waals surface area (Å²) in [5.41, 5.74) is 8.37. The molecule has 4 nitrogen and oxygen atoms in total. The fraction of sp³-hybridized carbons (Fsp3) is 0.346. The monoisotopic (exact) mass is 437 g/mol. The van der Waals surface area contributed by atoms with E-state index >= 15 is 0 Å². The molecular formula is C26H33N2O2S. The van der Waals surface area contributed by atoms with Crippen LogP contribution in [0, 0.1) is 36.5 Å². The highest BCUT2D eigenvalue weighted by atomic mass is 32.2. The molecule has 0 heterocycles. The lowest BCUT2D eigenvalue weighted by Crippen LogP contribution is -2.37. The van der Waals surface area contributed by atoms with Gasteiger partial charge in [0.1, 0.15) is 0 Å². The van der Waals surface area contributed by atoms with E-state index < -0.39 is 22.1 Å². The summed E-state index contributed by atoms with van der Waals surface area (Å²) in [6.45, 7) is 6.55. The molecule has 2 aromatic rings. The van der Waals surface area contributed by atoms with Gasteiger partial charge in [0, 0.05) is 0 Å². The van der Waals surface area contributed by atoms with Crippen LogP contribution in [-0.4, -0.2) is 14.2 Å². The first kappa shape index (κ1) is 24.0. The second-order valence-electron chi connectivity index (χ2n) is 9.12. The van der Waals surface area contributed by atoms with Crippen molar-refractivity contribution in [2.75, 3.05) is 5.75 Å². The SMILES string of the molecule is CC(C)(C)[C]1[CH][CH][C](CCS(=O)(=O)N[C@H](c2ccccc2)[C@H](N)c2ccccc2)C[CH]1. The highest BCUT2D eigenvalue weighted by Crippen LogP contribution is 2.41. The van der Waals surface area contributed by atoms with E-state index in [0.717, 1.165) is 23.5 Å². The van der Waals surface area contributed by atoms with E-state index in [1.807, 2.05) is 60.7 Å². The summed E-state index contributed by atoms with van der Waals surface area (Å²) in [5, 5.41) is 0. The molecule has 3 rings (SSSR count). The summed E-state index contributed by atoms with van der Waals surface area (Å²) in [6, 6.07) is 18.1. The van der Waals surface area contributed by atoms with Crippen molar-refractivity contribution in [1.82, 2.24) is 4.72 Å². The smallest absolute Gasteiger partial charge is 0.212 e. The van der Waals surface area contributed by atoms with Crippen LogP contribution in [-0.2, 0) is 10.0 Å². The van der Waals surface area contributed by atoms with Gasteiger partial charge in [-0.15, -0.1) is 0 Å². The third-order valence-corrected chi connectivity index (χ3v) is 7.00. The van der Waals surface area contributed by atoms with Crippen molar-refractivity contribution in [3.05, 3.63) is 103 Å². The molecule has 0 aliphatic heterocycles. The average molecular weight is 438 g/mol. The third kappa shape index (κ3) is 6.90. The lowest BCUT2D eigenvalue weighted by molar-refractivity contribution is 0.441. The van der Waals surface area contributed by atoms with Crippen molar-refractivity contribution < 1.29 is 8.42 Å². The molecule has 31 heavy (non-hydrogen) atoms. The predicted octanol–water partition coefficient (Wildman–Crippen LogP) is 4.95. The maximum atomic E-state index is 13.0. The minimum Gasteiger partial charge on any atom is -0.322 e. The Labute approximate surface area is 188 Å². The van der Waals surface area contributed by atoms with Crippen LogP contribution in [0.3, 0.4) is 0 Å². The fourth-order valence-corrected chi connectivity index (χ4v) is 5.04. The Kier molecular flexibility index (Phi) is 7.95. The van der Waals surface area contributed by atoms with Crippen molar-refractivity contribution in [1.29, 1.82) is 0 Å². The second-order valence-corrected chi connectivity index (χ2v) is 11.0. The van der Waals surface area contributed by atoms with Gasteiger partial charge in [0.25, 0.3) is 0 Å². The van der Waals surface area contributed by atoms with Crippen LogP contribution < -0.4 is 10.5 Å². The number of sulfonamides is 1. The Morgan fingerprint density at radius 1 is 0.935 bits per heavy atom. The molecular weight excluding hydrogens is 404 g/mol. The van der Waals surface area contributed by atoms with Crippen LogP contribution in [0.5, 0.6) is 0 Å². The lowest BCUT2D eigenvalue weighted by atomic mass is 9.69. The van der Waals surface area contributed by atoms with Crippen molar-refractivity contribution in [2.45, 2.75) is 45.7 Å². The molecule has 0 saturated heterocycles. The summed E-state index contributed by atoms with van der Waals surface area (Å²) in [5.74, 6) is 2.45. The largest absolute Gasteiger partial charge is 0.322 e. The number of hydrogen-bond donors (Lipinski definition) is 2. The van der Waals surface area contributed by atoms with E-state index in [1.165, 1.54) is 5.92 Å². The molecule has 5 heteroatoms.